The number of nitrogens with one attached hydrogen (secondary N) is 1. The number of ether oxygens (including phenoxy) is 3. The van der Waals surface area contributed by atoms with E-state index in [1.807, 2.05) is 12.1 Å². The van der Waals surface area contributed by atoms with Crippen molar-refractivity contribution in [2.75, 3.05) is 27.4 Å². The van der Waals surface area contributed by atoms with E-state index in [0.717, 1.165) is 5.56 Å². The third kappa shape index (κ3) is 6.05. The van der Waals surface area contributed by atoms with Crippen LogP contribution in [0.15, 0.2) is 36.4 Å². The van der Waals surface area contributed by atoms with E-state index in [4.69, 9.17) is 37.4 Å². The molecule has 2 rings (SSSR count). The van der Waals surface area contributed by atoms with Crippen LogP contribution in [0, 0.1) is 0 Å². The summed E-state index contributed by atoms with van der Waals surface area (Å²) in [5.74, 6) is 0.130. The average molecular weight is 412 g/mol. The molecule has 1 N–H and O–H groups in total. The molecular formula is C19H19Cl2NO5. The third-order valence-electron chi connectivity index (χ3n) is 3.67. The second-order valence-corrected chi connectivity index (χ2v) is 6.33. The van der Waals surface area contributed by atoms with Crippen LogP contribution in [0.2, 0.25) is 10.0 Å². The molecule has 2 aromatic carbocycles. The average Bonchev–Trinajstić information content (AvgIpc) is 2.67. The molecule has 0 aliphatic rings. The first-order chi connectivity index (χ1) is 12.9. The molecule has 27 heavy (non-hydrogen) atoms. The topological polar surface area (TPSA) is 73.9 Å². The molecule has 0 unspecified atom stereocenters. The van der Waals surface area contributed by atoms with Gasteiger partial charge < -0.3 is 19.5 Å². The summed E-state index contributed by atoms with van der Waals surface area (Å²) < 4.78 is 15.4. The molecule has 144 valence electrons. The Hall–Kier alpha value is -2.44. The van der Waals surface area contributed by atoms with Crippen LogP contribution in [-0.2, 0) is 16.0 Å². The molecule has 8 heteroatoms. The Labute approximate surface area is 167 Å². The van der Waals surface area contributed by atoms with E-state index in [1.165, 1.54) is 12.1 Å². The predicted molar refractivity (Wildman–Crippen MR) is 103 cm³/mol. The SMILES string of the molecule is COc1ccc(CCNC(=O)COC(=O)c2cc(Cl)ccc2Cl)cc1OC. The van der Waals surface area contributed by atoms with E-state index in [9.17, 15) is 9.59 Å². The van der Waals surface area contributed by atoms with Crippen LogP contribution in [0.4, 0.5) is 0 Å². The number of rotatable bonds is 8. The van der Waals surface area contributed by atoms with Crippen LogP contribution in [0.3, 0.4) is 0 Å². The van der Waals surface area contributed by atoms with Gasteiger partial charge in [0.15, 0.2) is 18.1 Å². The number of hydrogen-bond acceptors (Lipinski definition) is 5. The quantitative estimate of drug-likeness (QED) is 0.672. The van der Waals surface area contributed by atoms with Crippen molar-refractivity contribution >= 4 is 35.1 Å². The number of amides is 1. The third-order valence-corrected chi connectivity index (χ3v) is 4.23. The van der Waals surface area contributed by atoms with Crippen molar-refractivity contribution in [3.63, 3.8) is 0 Å². The lowest BCUT2D eigenvalue weighted by Gasteiger charge is -2.10. The minimum Gasteiger partial charge on any atom is -0.493 e. The highest BCUT2D eigenvalue weighted by atomic mass is 35.5. The van der Waals surface area contributed by atoms with Gasteiger partial charge in [-0.05, 0) is 42.3 Å². The summed E-state index contributed by atoms with van der Waals surface area (Å²) in [7, 11) is 3.12. The Morgan fingerprint density at radius 3 is 2.44 bits per heavy atom. The van der Waals surface area contributed by atoms with Gasteiger partial charge in [0.25, 0.3) is 5.91 Å². The molecule has 0 saturated carbocycles. The number of benzene rings is 2. The van der Waals surface area contributed by atoms with E-state index in [2.05, 4.69) is 5.32 Å². The first kappa shape index (κ1) is 20.9. The van der Waals surface area contributed by atoms with Gasteiger partial charge in [-0.2, -0.15) is 0 Å². The zero-order valence-corrected chi connectivity index (χ0v) is 16.4. The maximum atomic E-state index is 12.0. The van der Waals surface area contributed by atoms with Gasteiger partial charge in [-0.3, -0.25) is 4.79 Å². The monoisotopic (exact) mass is 411 g/mol. The molecule has 0 aliphatic carbocycles. The lowest BCUT2D eigenvalue weighted by atomic mass is 10.1. The lowest BCUT2D eigenvalue weighted by molar-refractivity contribution is -0.124. The first-order valence-corrected chi connectivity index (χ1v) is 8.80. The maximum absolute atomic E-state index is 12.0. The molecule has 0 fully saturated rings. The summed E-state index contributed by atoms with van der Waals surface area (Å²) in [6.07, 6.45) is 0.583. The smallest absolute Gasteiger partial charge is 0.340 e. The highest BCUT2D eigenvalue weighted by Crippen LogP contribution is 2.27. The molecular weight excluding hydrogens is 393 g/mol. The summed E-state index contributed by atoms with van der Waals surface area (Å²) in [6.45, 7) is -0.0304. The van der Waals surface area contributed by atoms with Gasteiger partial charge in [-0.25, -0.2) is 4.79 Å². The second-order valence-electron chi connectivity index (χ2n) is 5.49. The van der Waals surface area contributed by atoms with E-state index in [-0.39, 0.29) is 10.6 Å². The summed E-state index contributed by atoms with van der Waals surface area (Å²) in [5, 5.41) is 3.24. The molecule has 0 heterocycles. The van der Waals surface area contributed by atoms with Gasteiger partial charge in [0, 0.05) is 11.6 Å². The van der Waals surface area contributed by atoms with Crippen molar-refractivity contribution in [3.8, 4) is 11.5 Å². The highest BCUT2D eigenvalue weighted by molar-refractivity contribution is 6.35. The Morgan fingerprint density at radius 2 is 1.74 bits per heavy atom. The normalized spacial score (nSPS) is 10.2. The van der Waals surface area contributed by atoms with Gasteiger partial charge >= 0.3 is 5.97 Å². The zero-order chi connectivity index (χ0) is 19.8. The van der Waals surface area contributed by atoms with Crippen molar-refractivity contribution in [3.05, 3.63) is 57.6 Å². The second kappa shape index (κ2) is 10.0. The van der Waals surface area contributed by atoms with Gasteiger partial charge in [0.2, 0.25) is 0 Å². The fourth-order valence-corrected chi connectivity index (χ4v) is 2.66. The Balaban J connectivity index is 1.79. The van der Waals surface area contributed by atoms with Crippen molar-refractivity contribution in [2.45, 2.75) is 6.42 Å². The van der Waals surface area contributed by atoms with Crippen LogP contribution in [-0.4, -0.2) is 39.2 Å². The molecule has 1 amide bonds. The Bertz CT molecular complexity index is 826. The summed E-state index contributed by atoms with van der Waals surface area (Å²) in [4.78, 5) is 23.8. The summed E-state index contributed by atoms with van der Waals surface area (Å²) >= 11 is 11.8. The van der Waals surface area contributed by atoms with Crippen LogP contribution >= 0.6 is 23.2 Å². The summed E-state index contributed by atoms with van der Waals surface area (Å²) in [6, 6.07) is 9.96. The molecule has 0 atom stereocenters. The molecule has 0 saturated heterocycles. The van der Waals surface area contributed by atoms with E-state index >= 15 is 0 Å². The Kier molecular flexibility index (Phi) is 7.76. The largest absolute Gasteiger partial charge is 0.493 e. The van der Waals surface area contributed by atoms with E-state index in [0.29, 0.717) is 29.5 Å². The maximum Gasteiger partial charge on any atom is 0.340 e. The molecule has 0 bridgehead atoms. The zero-order valence-electron chi connectivity index (χ0n) is 14.9. The highest BCUT2D eigenvalue weighted by Gasteiger charge is 2.14. The van der Waals surface area contributed by atoms with Crippen LogP contribution in [0.25, 0.3) is 0 Å². The molecule has 0 aromatic heterocycles. The fourth-order valence-electron chi connectivity index (χ4n) is 2.30. The van der Waals surface area contributed by atoms with Crippen molar-refractivity contribution < 1.29 is 23.8 Å². The number of halogens is 2. The standard InChI is InChI=1S/C19H19Cl2NO5/c1-25-16-6-3-12(9-17(16)26-2)7-8-22-18(23)11-27-19(24)14-10-13(20)4-5-15(14)21/h3-6,9-10H,7-8,11H2,1-2H3,(H,22,23). The fraction of sp³-hybridized carbons (Fsp3) is 0.263. The first-order valence-electron chi connectivity index (χ1n) is 8.04. The summed E-state index contributed by atoms with van der Waals surface area (Å²) in [5.41, 5.74) is 1.08. The lowest BCUT2D eigenvalue weighted by Crippen LogP contribution is -2.30. The van der Waals surface area contributed by atoms with Crippen molar-refractivity contribution in [2.24, 2.45) is 0 Å². The predicted octanol–water partition coefficient (Wildman–Crippen LogP) is 3.53. The van der Waals surface area contributed by atoms with Crippen molar-refractivity contribution in [1.82, 2.24) is 5.32 Å². The minimum atomic E-state index is -0.711. The number of carbonyl (C=O) groups excluding carboxylic acids is 2. The molecule has 0 spiro atoms. The minimum absolute atomic E-state index is 0.113. The molecule has 6 nitrogen and oxygen atoms in total. The number of hydrogen-bond donors (Lipinski definition) is 1. The molecule has 0 radical (unpaired) electrons. The number of methoxy groups -OCH3 is 2. The van der Waals surface area contributed by atoms with Crippen LogP contribution < -0.4 is 14.8 Å². The van der Waals surface area contributed by atoms with Gasteiger partial charge in [-0.15, -0.1) is 0 Å². The van der Waals surface area contributed by atoms with Gasteiger partial charge in [0.05, 0.1) is 24.8 Å². The number of esters is 1. The van der Waals surface area contributed by atoms with E-state index in [1.54, 1.807) is 26.4 Å². The molecule has 0 aliphatic heterocycles. The van der Waals surface area contributed by atoms with E-state index < -0.39 is 18.5 Å². The Morgan fingerprint density at radius 1 is 1.00 bits per heavy atom. The van der Waals surface area contributed by atoms with Crippen LogP contribution in [0.1, 0.15) is 15.9 Å². The molecule has 2 aromatic rings. The van der Waals surface area contributed by atoms with Crippen molar-refractivity contribution in [1.29, 1.82) is 0 Å². The van der Waals surface area contributed by atoms with Crippen LogP contribution in [0.5, 0.6) is 11.5 Å². The number of carbonyl (C=O) groups is 2. The van der Waals surface area contributed by atoms with Gasteiger partial charge in [0.1, 0.15) is 0 Å². The van der Waals surface area contributed by atoms with Gasteiger partial charge in [-0.1, -0.05) is 29.3 Å².